The van der Waals surface area contributed by atoms with E-state index in [1.165, 1.54) is 19.3 Å². The van der Waals surface area contributed by atoms with Crippen LogP contribution in [0.4, 0.5) is 0 Å². The number of piperazine rings is 3. The van der Waals surface area contributed by atoms with Gasteiger partial charge < -0.3 is 14.7 Å². The molecule has 1 aromatic rings. The van der Waals surface area contributed by atoms with Gasteiger partial charge in [-0.25, -0.2) is 15.0 Å². The highest BCUT2D eigenvalue weighted by molar-refractivity contribution is 6.07. The maximum absolute atomic E-state index is 14.3. The van der Waals surface area contributed by atoms with Crippen molar-refractivity contribution in [3.8, 4) is 0 Å². The minimum absolute atomic E-state index is 0.00308. The monoisotopic (exact) mass is 913 g/mol. The summed E-state index contributed by atoms with van der Waals surface area (Å²) in [5.74, 6) is 1.18. The van der Waals surface area contributed by atoms with Crippen LogP contribution in [0.1, 0.15) is 197 Å². The Bertz CT molecular complexity index is 1810. The molecule has 3 saturated heterocycles. The molecule has 4 heterocycles. The Morgan fingerprint density at radius 3 is 0.879 bits per heavy atom. The topological polar surface area (TPSA) is 173 Å². The molecule has 15 nitrogen and oxygen atoms in total. The summed E-state index contributed by atoms with van der Waals surface area (Å²) < 4.78 is 0. The molecule has 366 valence electrons. The predicted octanol–water partition coefficient (Wildman–Crippen LogP) is 6.20. The smallest absolute Gasteiger partial charge is 0.242 e. The molecule has 3 aliphatic carbocycles. The van der Waals surface area contributed by atoms with Crippen LogP contribution in [0.5, 0.6) is 0 Å². The second-order valence-electron chi connectivity index (χ2n) is 24.3. The lowest BCUT2D eigenvalue weighted by Gasteiger charge is -2.47. The molecule has 6 aliphatic rings. The summed E-state index contributed by atoms with van der Waals surface area (Å²) in [7, 11) is 0. The van der Waals surface area contributed by atoms with Gasteiger partial charge in [0, 0.05) is 36.3 Å². The predicted molar refractivity (Wildman–Crippen MR) is 264 cm³/mol. The van der Waals surface area contributed by atoms with Crippen molar-refractivity contribution in [3.63, 3.8) is 0 Å². The van der Waals surface area contributed by atoms with Gasteiger partial charge in [0.25, 0.3) is 0 Å². The molecule has 66 heavy (non-hydrogen) atoms. The maximum Gasteiger partial charge on any atom is 0.242 e. The maximum atomic E-state index is 14.3. The molecule has 0 unspecified atom stereocenters. The molecule has 3 saturated carbocycles. The van der Waals surface area contributed by atoms with Crippen molar-refractivity contribution in [1.82, 2.24) is 45.6 Å². The van der Waals surface area contributed by atoms with Gasteiger partial charge in [0.15, 0.2) is 17.5 Å². The van der Waals surface area contributed by atoms with E-state index in [0.717, 1.165) is 77.0 Å². The Hall–Kier alpha value is -3.69. The minimum atomic E-state index is -0.790. The second kappa shape index (κ2) is 19.4. The molecule has 7 rings (SSSR count). The van der Waals surface area contributed by atoms with Gasteiger partial charge in [-0.15, -0.1) is 0 Å². The summed E-state index contributed by atoms with van der Waals surface area (Å²) in [5.41, 5.74) is -1.49. The highest BCUT2D eigenvalue weighted by atomic mass is 16.2. The molecule has 15 heteroatoms. The van der Waals surface area contributed by atoms with E-state index in [-0.39, 0.29) is 72.1 Å². The lowest BCUT2D eigenvalue weighted by molar-refractivity contribution is -0.143. The molecule has 0 atom stereocenters. The summed E-state index contributed by atoms with van der Waals surface area (Å²) in [4.78, 5) is 81.5. The fourth-order valence-corrected chi connectivity index (χ4v) is 12.1. The van der Waals surface area contributed by atoms with E-state index in [2.05, 4.69) is 57.5 Å². The molecular weight excluding hydrogens is 829 g/mol. The second-order valence-corrected chi connectivity index (χ2v) is 24.3. The van der Waals surface area contributed by atoms with E-state index < -0.39 is 16.6 Å². The zero-order chi connectivity index (χ0) is 47.9. The summed E-state index contributed by atoms with van der Waals surface area (Å²) in [6.45, 7) is 26.6. The van der Waals surface area contributed by atoms with E-state index in [9.17, 15) is 14.4 Å². The van der Waals surface area contributed by atoms with Crippen molar-refractivity contribution in [3.05, 3.63) is 17.5 Å². The van der Waals surface area contributed by atoms with E-state index in [4.69, 9.17) is 29.9 Å². The Labute approximate surface area is 396 Å². The van der Waals surface area contributed by atoms with Gasteiger partial charge in [-0.05, 0) is 122 Å². The molecule has 1 aromatic heterocycles. The van der Waals surface area contributed by atoms with Gasteiger partial charge in [0.2, 0.25) is 17.7 Å². The van der Waals surface area contributed by atoms with Crippen LogP contribution in [0.15, 0.2) is 15.0 Å². The number of hydrogen-bond donors (Lipinski definition) is 3. The normalized spacial score (nSPS) is 26.8. The van der Waals surface area contributed by atoms with Crippen LogP contribution in [-0.4, -0.2) is 155 Å². The van der Waals surface area contributed by atoms with Gasteiger partial charge in [0.1, 0.15) is 0 Å². The van der Waals surface area contributed by atoms with Gasteiger partial charge >= 0.3 is 0 Å². The Morgan fingerprint density at radius 2 is 0.652 bits per heavy atom. The molecule has 0 bridgehead atoms. The molecule has 0 spiro atoms. The number of nitrogens with one attached hydrogen (secondary N) is 3. The Kier molecular flexibility index (Phi) is 14.7. The summed E-state index contributed by atoms with van der Waals surface area (Å²) in [6.07, 6.45) is 15.8. The molecule has 3 N–H and O–H groups in total. The van der Waals surface area contributed by atoms with Crippen molar-refractivity contribution in [2.24, 2.45) is 15.0 Å². The van der Waals surface area contributed by atoms with Gasteiger partial charge in [-0.2, -0.15) is 0 Å². The van der Waals surface area contributed by atoms with E-state index >= 15 is 0 Å². The lowest BCUT2D eigenvalue weighted by Crippen LogP contribution is -2.70. The third-order valence-corrected chi connectivity index (χ3v) is 14.3. The van der Waals surface area contributed by atoms with Gasteiger partial charge in [0.05, 0.1) is 71.5 Å². The number of carbonyl (C=O) groups excluding carboxylic acids is 3. The lowest BCUT2D eigenvalue weighted by atomic mass is 9.90. The number of rotatable bonds is 12. The first-order chi connectivity index (χ1) is 30.8. The first kappa shape index (κ1) is 50.2. The summed E-state index contributed by atoms with van der Waals surface area (Å²) in [6, 6.07) is 0.189. The van der Waals surface area contributed by atoms with Crippen molar-refractivity contribution in [2.45, 2.75) is 231 Å². The number of hydrogen-bond acceptors (Lipinski definition) is 12. The minimum Gasteiger partial charge on any atom is -0.333 e. The van der Waals surface area contributed by atoms with Crippen LogP contribution < -0.4 is 16.0 Å². The average molecular weight is 913 g/mol. The first-order valence-electron chi connectivity index (χ1n) is 25.5. The van der Waals surface area contributed by atoms with Crippen LogP contribution in [0, 0.1) is 0 Å². The van der Waals surface area contributed by atoms with Crippen LogP contribution >= 0.6 is 0 Å². The number of carbonyl (C=O) groups is 3. The molecule has 0 radical (unpaired) electrons. The van der Waals surface area contributed by atoms with Gasteiger partial charge in [-0.1, -0.05) is 57.8 Å². The Morgan fingerprint density at radius 1 is 0.424 bits per heavy atom. The third-order valence-electron chi connectivity index (χ3n) is 14.3. The number of nitrogens with zero attached hydrogens (tertiary/aromatic N) is 9. The van der Waals surface area contributed by atoms with Crippen LogP contribution in [0.3, 0.4) is 0 Å². The SMILES string of the molecule is CC1(C)CN(CC(=NC2CCCCC2)c2nc(C(CN3CC(C)(C)NC(C)(C)C3=O)=NC3CCCCC3)nc(C(CN3CC(C)(C)NC(C)(C)C3=O)=NC3CCCCC3)n2)C(=O)C(C)(C)N1. The van der Waals surface area contributed by atoms with E-state index in [1.807, 2.05) is 56.2 Å². The fraction of sp³-hybridized carbons (Fsp3) is 0.824. The standard InChI is InChI=1S/C51H84N12O3/c1-46(2)31-61(43(64)49(7,8)58-46)28-37(52-34-22-16-13-17-23-34)40-55-41(38(53-35-24-18-14-19-25-35)29-62-32-47(3,4)59-50(9,10)44(62)65)57-42(56-40)39(54-36-26-20-15-21-27-36)30-63-33-48(5,6)60-51(11,12)45(63)66/h34-36,58-60H,13-33H2,1-12H3. The van der Waals surface area contributed by atoms with Crippen molar-refractivity contribution >= 4 is 34.9 Å². The summed E-state index contributed by atoms with van der Waals surface area (Å²) in [5, 5.41) is 10.7. The van der Waals surface area contributed by atoms with Crippen LogP contribution in [-0.2, 0) is 14.4 Å². The molecule has 3 aliphatic heterocycles. The molecule has 0 aromatic carbocycles. The van der Waals surface area contributed by atoms with Crippen molar-refractivity contribution < 1.29 is 14.4 Å². The van der Waals surface area contributed by atoms with Crippen molar-refractivity contribution in [1.29, 1.82) is 0 Å². The number of amides is 3. The van der Waals surface area contributed by atoms with Crippen LogP contribution in [0.2, 0.25) is 0 Å². The highest BCUT2D eigenvalue weighted by Crippen LogP contribution is 2.29. The Balaban J connectivity index is 1.44. The molecule has 6 fully saturated rings. The number of aromatic nitrogens is 3. The molecule has 3 amide bonds. The van der Waals surface area contributed by atoms with Crippen LogP contribution in [0.25, 0.3) is 0 Å². The van der Waals surface area contributed by atoms with Crippen molar-refractivity contribution in [2.75, 3.05) is 39.3 Å². The van der Waals surface area contributed by atoms with E-state index in [1.54, 1.807) is 0 Å². The molecular formula is C51H84N12O3. The average Bonchev–Trinajstić information content (AvgIpc) is 3.22. The number of aliphatic imine (C=N–C) groups is 3. The fourth-order valence-electron chi connectivity index (χ4n) is 12.1. The highest BCUT2D eigenvalue weighted by Gasteiger charge is 2.47. The first-order valence-corrected chi connectivity index (χ1v) is 25.5. The quantitative estimate of drug-likeness (QED) is 0.207. The largest absolute Gasteiger partial charge is 0.333 e. The van der Waals surface area contributed by atoms with Gasteiger partial charge in [-0.3, -0.25) is 45.3 Å². The third kappa shape index (κ3) is 12.3. The zero-order valence-electron chi connectivity index (χ0n) is 42.8. The zero-order valence-corrected chi connectivity index (χ0v) is 42.8. The summed E-state index contributed by atoms with van der Waals surface area (Å²) >= 11 is 0. The van der Waals surface area contributed by atoms with E-state index in [0.29, 0.717) is 54.2 Å².